The molecule has 1 saturated heterocycles. The van der Waals surface area contributed by atoms with E-state index >= 15 is 0 Å². The van der Waals surface area contributed by atoms with Crippen LogP contribution < -0.4 is 9.64 Å². The lowest BCUT2D eigenvalue weighted by molar-refractivity contribution is -0.117. The third-order valence-electron chi connectivity index (χ3n) is 5.42. The quantitative estimate of drug-likeness (QED) is 0.528. The van der Waals surface area contributed by atoms with E-state index in [2.05, 4.69) is 29.2 Å². The van der Waals surface area contributed by atoms with Crippen molar-refractivity contribution in [3.8, 4) is 17.2 Å². The molecule has 4 rings (SSSR count). The van der Waals surface area contributed by atoms with Crippen molar-refractivity contribution in [3.63, 3.8) is 0 Å². The van der Waals surface area contributed by atoms with Gasteiger partial charge in [-0.1, -0.05) is 42.8 Å². The summed E-state index contributed by atoms with van der Waals surface area (Å²) in [6.07, 6.45) is 3.80. The van der Waals surface area contributed by atoms with Crippen LogP contribution in [-0.2, 0) is 11.2 Å². The molecule has 0 N–H and O–H groups in total. The number of unbranched alkanes of at least 4 members (excludes halogenated alkanes) is 1. The lowest BCUT2D eigenvalue weighted by Crippen LogP contribution is -2.24. The summed E-state index contributed by atoms with van der Waals surface area (Å²) in [5.74, 6) is 1.69. The first-order valence-electron chi connectivity index (χ1n) is 10.6. The second-order valence-corrected chi connectivity index (χ2v) is 7.56. The number of benzene rings is 2. The largest absolute Gasteiger partial charge is 0.493 e. The molecule has 1 atom stereocenters. The minimum atomic E-state index is -0.0889. The predicted molar refractivity (Wildman–Crippen MR) is 116 cm³/mol. The number of carbonyl (C=O) groups excluding carboxylic acids is 1. The van der Waals surface area contributed by atoms with Crippen LogP contribution in [0.4, 0.5) is 5.69 Å². The maximum atomic E-state index is 12.7. The first kappa shape index (κ1) is 20.1. The number of carbonyl (C=O) groups is 1. The van der Waals surface area contributed by atoms with E-state index < -0.39 is 0 Å². The van der Waals surface area contributed by atoms with Crippen molar-refractivity contribution in [2.24, 2.45) is 0 Å². The van der Waals surface area contributed by atoms with Gasteiger partial charge in [-0.25, -0.2) is 0 Å². The average Bonchev–Trinajstić information content (AvgIpc) is 3.40. The smallest absolute Gasteiger partial charge is 0.261 e. The van der Waals surface area contributed by atoms with Gasteiger partial charge >= 0.3 is 0 Å². The van der Waals surface area contributed by atoms with Crippen LogP contribution in [0.3, 0.4) is 0 Å². The molecular weight excluding hydrogens is 378 g/mol. The van der Waals surface area contributed by atoms with Gasteiger partial charge in [0.1, 0.15) is 5.75 Å². The zero-order valence-corrected chi connectivity index (χ0v) is 17.5. The van der Waals surface area contributed by atoms with Gasteiger partial charge in [-0.15, -0.1) is 0 Å². The van der Waals surface area contributed by atoms with Crippen molar-refractivity contribution in [3.05, 3.63) is 59.9 Å². The lowest BCUT2D eigenvalue weighted by Gasteiger charge is -2.16. The Bertz CT molecular complexity index is 997. The van der Waals surface area contributed by atoms with Gasteiger partial charge < -0.3 is 14.2 Å². The van der Waals surface area contributed by atoms with Crippen LogP contribution in [0.5, 0.6) is 5.75 Å². The van der Waals surface area contributed by atoms with E-state index in [1.54, 1.807) is 0 Å². The molecule has 30 heavy (non-hydrogen) atoms. The highest BCUT2D eigenvalue weighted by atomic mass is 16.5. The summed E-state index contributed by atoms with van der Waals surface area (Å²) in [4.78, 5) is 19.0. The normalized spacial score (nSPS) is 16.3. The van der Waals surface area contributed by atoms with Crippen molar-refractivity contribution in [1.82, 2.24) is 10.1 Å². The van der Waals surface area contributed by atoms with Crippen LogP contribution in [-0.4, -0.2) is 29.2 Å². The SMILES string of the molecule is CCCCc1ccc(N2CC(c3noc(-c4ccccc4OCC)n3)CC2=O)cc1. The van der Waals surface area contributed by atoms with Gasteiger partial charge in [-0.3, -0.25) is 4.79 Å². The highest BCUT2D eigenvalue weighted by Crippen LogP contribution is 2.33. The van der Waals surface area contributed by atoms with Crippen molar-refractivity contribution in [2.45, 2.75) is 45.4 Å². The summed E-state index contributed by atoms with van der Waals surface area (Å²) in [5.41, 5.74) is 3.00. The first-order valence-corrected chi connectivity index (χ1v) is 10.6. The van der Waals surface area contributed by atoms with E-state index in [4.69, 9.17) is 9.26 Å². The Kier molecular flexibility index (Phi) is 6.12. The number of hydrogen-bond donors (Lipinski definition) is 0. The molecule has 0 spiro atoms. The second-order valence-electron chi connectivity index (χ2n) is 7.56. The van der Waals surface area contributed by atoms with E-state index in [0.29, 0.717) is 37.0 Å². The number of anilines is 1. The Hall–Kier alpha value is -3.15. The fourth-order valence-electron chi connectivity index (χ4n) is 3.79. The fraction of sp³-hybridized carbons (Fsp3) is 0.375. The first-order chi connectivity index (χ1) is 14.7. The van der Waals surface area contributed by atoms with Gasteiger partial charge in [0.15, 0.2) is 5.82 Å². The molecule has 1 aliphatic rings. The number of hydrogen-bond acceptors (Lipinski definition) is 5. The number of rotatable bonds is 8. The predicted octanol–water partition coefficient (Wildman–Crippen LogP) is 5.00. The third kappa shape index (κ3) is 4.22. The highest BCUT2D eigenvalue weighted by molar-refractivity contribution is 5.96. The molecule has 1 amide bonds. The zero-order chi connectivity index (χ0) is 20.9. The standard InChI is InChI=1S/C24H27N3O3/c1-3-5-8-17-11-13-19(14-12-17)27-16-18(15-22(27)28)23-25-24(30-26-23)20-9-6-7-10-21(20)29-4-2/h6-7,9-14,18H,3-5,8,15-16H2,1-2H3. The van der Waals surface area contributed by atoms with Gasteiger partial charge in [0.05, 0.1) is 12.2 Å². The number of para-hydroxylation sites is 1. The van der Waals surface area contributed by atoms with Crippen LogP contribution in [0, 0.1) is 0 Å². The zero-order valence-electron chi connectivity index (χ0n) is 17.5. The van der Waals surface area contributed by atoms with Gasteiger partial charge in [-0.05, 0) is 49.6 Å². The van der Waals surface area contributed by atoms with E-state index in [0.717, 1.165) is 17.7 Å². The Balaban J connectivity index is 1.49. The van der Waals surface area contributed by atoms with Gasteiger partial charge in [0.2, 0.25) is 5.91 Å². The molecule has 1 fully saturated rings. The Morgan fingerprint density at radius 2 is 1.93 bits per heavy atom. The Morgan fingerprint density at radius 3 is 2.70 bits per heavy atom. The minimum Gasteiger partial charge on any atom is -0.493 e. The van der Waals surface area contributed by atoms with Crippen molar-refractivity contribution < 1.29 is 14.1 Å². The molecule has 2 heterocycles. The third-order valence-corrected chi connectivity index (χ3v) is 5.42. The number of ether oxygens (including phenoxy) is 1. The molecule has 1 aromatic heterocycles. The molecule has 0 radical (unpaired) electrons. The van der Waals surface area contributed by atoms with Crippen LogP contribution in [0.2, 0.25) is 0 Å². The van der Waals surface area contributed by atoms with E-state index in [9.17, 15) is 4.79 Å². The van der Waals surface area contributed by atoms with E-state index in [1.165, 1.54) is 18.4 Å². The summed E-state index contributed by atoms with van der Waals surface area (Å²) in [6, 6.07) is 15.9. The fourth-order valence-corrected chi connectivity index (χ4v) is 3.79. The number of aromatic nitrogens is 2. The number of nitrogens with zero attached hydrogens (tertiary/aromatic N) is 3. The number of aryl methyl sites for hydroxylation is 1. The van der Waals surface area contributed by atoms with Crippen LogP contribution in [0.1, 0.15) is 50.4 Å². The molecule has 2 aromatic carbocycles. The molecule has 6 nitrogen and oxygen atoms in total. The van der Waals surface area contributed by atoms with Gasteiger partial charge in [0.25, 0.3) is 5.89 Å². The van der Waals surface area contributed by atoms with Crippen LogP contribution in [0.15, 0.2) is 53.1 Å². The molecule has 0 bridgehead atoms. The molecule has 156 valence electrons. The van der Waals surface area contributed by atoms with E-state index in [-0.39, 0.29) is 11.8 Å². The van der Waals surface area contributed by atoms with Crippen molar-refractivity contribution >= 4 is 11.6 Å². The lowest BCUT2D eigenvalue weighted by atomic mass is 10.1. The maximum Gasteiger partial charge on any atom is 0.261 e. The monoisotopic (exact) mass is 405 g/mol. The van der Waals surface area contributed by atoms with Crippen LogP contribution in [0.25, 0.3) is 11.5 Å². The molecule has 0 aliphatic carbocycles. The Morgan fingerprint density at radius 1 is 1.13 bits per heavy atom. The van der Waals surface area contributed by atoms with Crippen molar-refractivity contribution in [2.75, 3.05) is 18.1 Å². The average molecular weight is 405 g/mol. The maximum absolute atomic E-state index is 12.7. The summed E-state index contributed by atoms with van der Waals surface area (Å²) in [7, 11) is 0. The molecule has 1 aliphatic heterocycles. The van der Waals surface area contributed by atoms with E-state index in [1.807, 2.05) is 48.2 Å². The topological polar surface area (TPSA) is 68.5 Å². The summed E-state index contributed by atoms with van der Waals surface area (Å²) >= 11 is 0. The second kappa shape index (κ2) is 9.11. The minimum absolute atomic E-state index is 0.0855. The summed E-state index contributed by atoms with van der Waals surface area (Å²) in [5, 5.41) is 4.17. The molecule has 0 saturated carbocycles. The van der Waals surface area contributed by atoms with Gasteiger partial charge in [0, 0.05) is 24.6 Å². The van der Waals surface area contributed by atoms with Crippen molar-refractivity contribution in [1.29, 1.82) is 0 Å². The summed E-state index contributed by atoms with van der Waals surface area (Å²) < 4.78 is 11.2. The summed E-state index contributed by atoms with van der Waals surface area (Å²) in [6.45, 7) is 5.24. The molecule has 1 unspecified atom stereocenters. The Labute approximate surface area is 176 Å². The molecule has 3 aromatic rings. The molecule has 6 heteroatoms. The van der Waals surface area contributed by atoms with Gasteiger partial charge in [-0.2, -0.15) is 4.98 Å². The molecular formula is C24H27N3O3. The number of amides is 1. The van der Waals surface area contributed by atoms with Crippen LogP contribution >= 0.6 is 0 Å². The highest BCUT2D eigenvalue weighted by Gasteiger charge is 2.34.